The summed E-state index contributed by atoms with van der Waals surface area (Å²) in [5.41, 5.74) is 0.634. The Morgan fingerprint density at radius 2 is 1.82 bits per heavy atom. The molecule has 0 aliphatic carbocycles. The third-order valence-electron chi connectivity index (χ3n) is 1.99. The van der Waals surface area contributed by atoms with Gasteiger partial charge < -0.3 is 20.5 Å². The van der Waals surface area contributed by atoms with Crippen molar-refractivity contribution in [1.82, 2.24) is 0 Å². The van der Waals surface area contributed by atoms with Crippen molar-refractivity contribution >= 4 is 5.97 Å². The molecule has 2 N–H and O–H groups in total. The zero-order valence-electron chi connectivity index (χ0n) is 9.87. The molecule has 0 fully saturated rings. The minimum atomic E-state index is -1.18. The van der Waals surface area contributed by atoms with Gasteiger partial charge in [-0.2, -0.15) is 0 Å². The number of carbonyl (C=O) groups is 1. The molecule has 1 aromatic carbocycles. The minimum absolute atomic E-state index is 0. The molecule has 6 heteroatoms. The average Bonchev–Trinajstić information content (AvgIpc) is 2.15. The SMILES string of the molecule is [CH2]C(O)CC(C(=O)[O-])c1ccccc1.[Hg+].[Na+].[OH-]. The Hall–Kier alpha value is 0.545. The summed E-state index contributed by atoms with van der Waals surface area (Å²) >= 11 is 0. The summed E-state index contributed by atoms with van der Waals surface area (Å²) in [5.74, 6) is -1.97. The van der Waals surface area contributed by atoms with E-state index in [9.17, 15) is 9.90 Å². The molecule has 2 atom stereocenters. The predicted molar refractivity (Wildman–Crippen MR) is 52.1 cm³/mol. The van der Waals surface area contributed by atoms with Crippen molar-refractivity contribution in [2.24, 2.45) is 0 Å². The van der Waals surface area contributed by atoms with E-state index >= 15 is 0 Å². The van der Waals surface area contributed by atoms with Crippen LogP contribution in [-0.4, -0.2) is 22.7 Å². The number of carbonyl (C=O) groups excluding carboxylic acids is 1. The second kappa shape index (κ2) is 11.6. The van der Waals surface area contributed by atoms with Crippen LogP contribution in [0.15, 0.2) is 30.3 Å². The molecule has 0 amide bonds. The van der Waals surface area contributed by atoms with Crippen LogP contribution in [0.25, 0.3) is 0 Å². The molecule has 0 saturated carbocycles. The van der Waals surface area contributed by atoms with Crippen LogP contribution < -0.4 is 34.7 Å². The van der Waals surface area contributed by atoms with Crippen molar-refractivity contribution in [3.8, 4) is 0 Å². The first-order valence-electron chi connectivity index (χ1n) is 4.38. The zero-order valence-corrected chi connectivity index (χ0v) is 17.4. The van der Waals surface area contributed by atoms with Crippen LogP contribution in [0.3, 0.4) is 0 Å². The predicted octanol–water partition coefficient (Wildman–Crippen LogP) is -3.07. The summed E-state index contributed by atoms with van der Waals surface area (Å²) in [6.07, 6.45) is -0.815. The molecule has 0 saturated heterocycles. The van der Waals surface area contributed by atoms with E-state index in [4.69, 9.17) is 5.11 Å². The first-order chi connectivity index (χ1) is 6.61. The summed E-state index contributed by atoms with van der Waals surface area (Å²) in [6.45, 7) is 3.35. The molecule has 2 unspecified atom stereocenters. The van der Waals surface area contributed by atoms with Gasteiger partial charge in [0.25, 0.3) is 0 Å². The fraction of sp³-hybridized carbons (Fsp3) is 0.273. The van der Waals surface area contributed by atoms with E-state index in [1.807, 2.05) is 0 Å². The largest absolute Gasteiger partial charge is 1.00 e. The Bertz CT molecular complexity index is 306. The van der Waals surface area contributed by atoms with Gasteiger partial charge in [-0.05, 0) is 18.9 Å². The molecule has 1 aromatic rings. The number of aliphatic hydroxyl groups is 1. The van der Waals surface area contributed by atoms with Gasteiger partial charge in [-0.15, -0.1) is 0 Å². The fourth-order valence-electron chi connectivity index (χ4n) is 1.33. The molecular weight excluding hydrogens is 420 g/mol. The molecule has 4 nitrogen and oxygen atoms in total. The van der Waals surface area contributed by atoms with Gasteiger partial charge in [-0.3, -0.25) is 0 Å². The summed E-state index contributed by atoms with van der Waals surface area (Å²) < 4.78 is 0. The number of rotatable bonds is 4. The molecule has 0 heterocycles. The van der Waals surface area contributed by atoms with E-state index in [1.165, 1.54) is 0 Å². The van der Waals surface area contributed by atoms with Gasteiger partial charge >= 0.3 is 57.2 Å². The average molecular weight is 433 g/mol. The molecule has 0 aromatic heterocycles. The van der Waals surface area contributed by atoms with Gasteiger partial charge in [-0.1, -0.05) is 30.3 Å². The maximum atomic E-state index is 10.8. The van der Waals surface area contributed by atoms with Crippen molar-refractivity contribution in [3.05, 3.63) is 42.8 Å². The van der Waals surface area contributed by atoms with Crippen molar-refractivity contribution < 1.29 is 77.7 Å². The van der Waals surface area contributed by atoms with E-state index in [0.717, 1.165) is 0 Å². The quantitative estimate of drug-likeness (QED) is 0.511. The number of hydrogen-bond acceptors (Lipinski definition) is 4. The number of carboxylic acid groups (broad SMARTS) is 1. The van der Waals surface area contributed by atoms with Crippen LogP contribution in [-0.2, 0) is 32.5 Å². The third kappa shape index (κ3) is 8.29. The van der Waals surface area contributed by atoms with E-state index in [0.29, 0.717) is 5.56 Å². The monoisotopic (exact) mass is 434 g/mol. The van der Waals surface area contributed by atoms with Crippen molar-refractivity contribution in [3.63, 3.8) is 0 Å². The molecule has 0 aliphatic rings. The van der Waals surface area contributed by atoms with Crippen LogP contribution in [0, 0.1) is 6.92 Å². The maximum absolute atomic E-state index is 10.8. The molecule has 17 heavy (non-hydrogen) atoms. The third-order valence-corrected chi connectivity index (χ3v) is 1.99. The number of aliphatic hydroxyl groups excluding tert-OH is 1. The normalized spacial score (nSPS) is 12.1. The van der Waals surface area contributed by atoms with E-state index in [1.54, 1.807) is 30.3 Å². The van der Waals surface area contributed by atoms with E-state index in [2.05, 4.69) is 6.92 Å². The Labute approximate surface area is 144 Å². The molecule has 1 rings (SSSR count). The molecular formula is C11H13HgNaO4. The molecule has 0 bridgehead atoms. The van der Waals surface area contributed by atoms with Crippen LogP contribution in [0.2, 0.25) is 0 Å². The zero-order chi connectivity index (χ0) is 10.6. The van der Waals surface area contributed by atoms with Crippen LogP contribution >= 0.6 is 0 Å². The van der Waals surface area contributed by atoms with E-state index in [-0.39, 0.29) is 69.1 Å². The van der Waals surface area contributed by atoms with Crippen molar-refractivity contribution in [1.29, 1.82) is 0 Å². The van der Waals surface area contributed by atoms with Crippen molar-refractivity contribution in [2.45, 2.75) is 18.4 Å². The van der Waals surface area contributed by atoms with Gasteiger partial charge in [0.1, 0.15) is 0 Å². The van der Waals surface area contributed by atoms with Gasteiger partial charge in [0, 0.05) is 11.9 Å². The Morgan fingerprint density at radius 1 is 1.35 bits per heavy atom. The summed E-state index contributed by atoms with van der Waals surface area (Å²) in [6, 6.07) is 8.70. The Balaban J connectivity index is -0.000000653. The van der Waals surface area contributed by atoms with Gasteiger partial charge in [-0.25, -0.2) is 0 Å². The molecule has 0 aliphatic heterocycles. The van der Waals surface area contributed by atoms with E-state index < -0.39 is 18.0 Å². The van der Waals surface area contributed by atoms with Gasteiger partial charge in [0.05, 0.1) is 6.10 Å². The first kappa shape index (κ1) is 22.7. The summed E-state index contributed by atoms with van der Waals surface area (Å²) in [5, 5.41) is 19.8. The number of benzene rings is 1. The summed E-state index contributed by atoms with van der Waals surface area (Å²) in [7, 11) is 0. The molecule has 84 valence electrons. The maximum Gasteiger partial charge on any atom is 1.00 e. The number of aliphatic carboxylic acids is 1. The number of hydrogen-bond donors (Lipinski definition) is 1. The smallest absolute Gasteiger partial charge is 0.870 e. The Morgan fingerprint density at radius 3 is 2.18 bits per heavy atom. The molecule has 2 radical (unpaired) electrons. The topological polar surface area (TPSA) is 90.4 Å². The standard InChI is InChI=1S/C11H13O3.Hg.Na.H2O/c1-8(12)7-10(11(13)14)9-5-3-2-4-6-9;;;/h2-6,8,10,12H,1,7H2,(H,13,14);;;1H2/q;2*+1;/p-2. The first-order valence-corrected chi connectivity index (χ1v) is 4.38. The fourth-order valence-corrected chi connectivity index (χ4v) is 1.33. The number of carboxylic acids is 1. The van der Waals surface area contributed by atoms with Gasteiger partial charge in [0.2, 0.25) is 0 Å². The minimum Gasteiger partial charge on any atom is -0.870 e. The molecule has 0 spiro atoms. The summed E-state index contributed by atoms with van der Waals surface area (Å²) in [4.78, 5) is 10.8. The van der Waals surface area contributed by atoms with Crippen molar-refractivity contribution in [2.75, 3.05) is 0 Å². The Kier molecular flexibility index (Phi) is 15.5. The van der Waals surface area contributed by atoms with Gasteiger partial charge in [0.15, 0.2) is 0 Å². The second-order valence-corrected chi connectivity index (χ2v) is 3.17. The van der Waals surface area contributed by atoms with Crippen LogP contribution in [0.5, 0.6) is 0 Å². The second-order valence-electron chi connectivity index (χ2n) is 3.17. The van der Waals surface area contributed by atoms with Crippen LogP contribution in [0.1, 0.15) is 17.9 Å². The van der Waals surface area contributed by atoms with Crippen LogP contribution in [0.4, 0.5) is 0 Å².